The first-order chi connectivity index (χ1) is 10.7. The van der Waals surface area contributed by atoms with Crippen LogP contribution in [0.4, 0.5) is 4.39 Å². The van der Waals surface area contributed by atoms with E-state index in [2.05, 4.69) is 10.2 Å². The van der Waals surface area contributed by atoms with E-state index < -0.39 is 0 Å². The largest absolute Gasteiger partial charge is 0.489 e. The van der Waals surface area contributed by atoms with E-state index in [4.69, 9.17) is 4.74 Å². The fraction of sp³-hybridized carbons (Fsp3) is 0.471. The van der Waals surface area contributed by atoms with E-state index in [-0.39, 0.29) is 24.4 Å². The number of hydrogen-bond donors (Lipinski definition) is 1. The third-order valence-corrected chi connectivity index (χ3v) is 4.80. The van der Waals surface area contributed by atoms with Gasteiger partial charge in [0.15, 0.2) is 0 Å². The summed E-state index contributed by atoms with van der Waals surface area (Å²) < 4.78 is 19.1. The van der Waals surface area contributed by atoms with E-state index in [1.165, 1.54) is 19.0 Å². The molecule has 0 saturated carbocycles. The van der Waals surface area contributed by atoms with Crippen molar-refractivity contribution in [1.82, 2.24) is 10.2 Å². The van der Waals surface area contributed by atoms with Crippen LogP contribution in [0.25, 0.3) is 5.83 Å². The minimum absolute atomic E-state index is 0.103. The summed E-state index contributed by atoms with van der Waals surface area (Å²) in [7, 11) is 0. The molecule has 0 aliphatic carbocycles. The second-order valence-electron chi connectivity index (χ2n) is 6.39. The quantitative estimate of drug-likeness (QED) is 0.911. The van der Waals surface area contributed by atoms with E-state index in [0.29, 0.717) is 22.8 Å². The van der Waals surface area contributed by atoms with Crippen molar-refractivity contribution in [3.63, 3.8) is 0 Å². The van der Waals surface area contributed by atoms with Crippen molar-refractivity contribution >= 4 is 11.7 Å². The monoisotopic (exact) mass is 302 g/mol. The van der Waals surface area contributed by atoms with Gasteiger partial charge in [-0.2, -0.15) is 0 Å². The summed E-state index contributed by atoms with van der Waals surface area (Å²) in [6, 6.07) is 5.12. The van der Waals surface area contributed by atoms with Crippen LogP contribution in [0.3, 0.4) is 0 Å². The smallest absolute Gasteiger partial charge is 0.251 e. The summed E-state index contributed by atoms with van der Waals surface area (Å²) in [4.78, 5) is 14.8. The van der Waals surface area contributed by atoms with Crippen LogP contribution in [0.5, 0.6) is 5.75 Å². The molecule has 1 aromatic rings. The molecule has 1 N–H and O–H groups in total. The molecule has 1 aromatic carbocycles. The number of benzene rings is 1. The van der Waals surface area contributed by atoms with Crippen LogP contribution in [0.1, 0.15) is 28.8 Å². The Hall–Kier alpha value is -1.88. The van der Waals surface area contributed by atoms with Crippen LogP contribution in [-0.4, -0.2) is 43.1 Å². The molecule has 0 aromatic heterocycles. The zero-order chi connectivity index (χ0) is 15.1. The normalized spacial score (nSPS) is 29.3. The van der Waals surface area contributed by atoms with E-state index >= 15 is 0 Å². The Morgan fingerprint density at radius 3 is 3.14 bits per heavy atom. The Labute approximate surface area is 128 Å². The molecule has 0 radical (unpaired) electrons. The number of carbonyl (C=O) groups excluding carboxylic acids is 1. The lowest BCUT2D eigenvalue weighted by molar-refractivity contribution is 0.0909. The summed E-state index contributed by atoms with van der Waals surface area (Å²) in [5.74, 6) is 0.768. The number of ether oxygens (including phenoxy) is 1. The lowest BCUT2D eigenvalue weighted by Gasteiger charge is -2.30. The highest BCUT2D eigenvalue weighted by molar-refractivity contribution is 5.95. The van der Waals surface area contributed by atoms with Gasteiger partial charge in [0.05, 0.1) is 5.56 Å². The summed E-state index contributed by atoms with van der Waals surface area (Å²) in [6.07, 6.45) is 3.69. The highest BCUT2D eigenvalue weighted by Crippen LogP contribution is 2.31. The molecule has 22 heavy (non-hydrogen) atoms. The highest BCUT2D eigenvalue weighted by Gasteiger charge is 2.33. The average molecular weight is 302 g/mol. The molecule has 3 aliphatic heterocycles. The number of fused-ring (bicyclic) bond motifs is 3. The molecule has 2 bridgehead atoms. The predicted molar refractivity (Wildman–Crippen MR) is 81.4 cm³/mol. The fourth-order valence-corrected chi connectivity index (χ4v) is 3.73. The number of amides is 1. The van der Waals surface area contributed by atoms with Crippen LogP contribution in [0.2, 0.25) is 0 Å². The molecule has 4 nitrogen and oxygen atoms in total. The van der Waals surface area contributed by atoms with Crippen LogP contribution >= 0.6 is 0 Å². The Bertz CT molecular complexity index is 632. The number of carbonyl (C=O) groups is 1. The van der Waals surface area contributed by atoms with Crippen LogP contribution in [-0.2, 0) is 0 Å². The zero-order valence-corrected chi connectivity index (χ0v) is 12.3. The van der Waals surface area contributed by atoms with Gasteiger partial charge in [0.1, 0.15) is 18.2 Å². The maximum absolute atomic E-state index is 13.6. The number of nitrogens with zero attached hydrogens (tertiary/aromatic N) is 1. The Kier molecular flexibility index (Phi) is 3.37. The molecule has 2 saturated heterocycles. The van der Waals surface area contributed by atoms with Gasteiger partial charge >= 0.3 is 0 Å². The van der Waals surface area contributed by atoms with E-state index in [1.807, 2.05) is 0 Å². The second kappa shape index (κ2) is 5.39. The minimum Gasteiger partial charge on any atom is -0.489 e. The van der Waals surface area contributed by atoms with Crippen molar-refractivity contribution < 1.29 is 13.9 Å². The third-order valence-electron chi connectivity index (χ3n) is 4.80. The van der Waals surface area contributed by atoms with E-state index in [1.54, 1.807) is 18.2 Å². The van der Waals surface area contributed by atoms with E-state index in [0.717, 1.165) is 19.5 Å². The molecular formula is C17H19FN2O2. The summed E-state index contributed by atoms with van der Waals surface area (Å²) in [5.41, 5.74) is 0.950. The molecule has 4 rings (SSSR count). The molecule has 3 aliphatic rings. The fourth-order valence-electron chi connectivity index (χ4n) is 3.73. The van der Waals surface area contributed by atoms with Gasteiger partial charge in [0, 0.05) is 24.7 Å². The number of rotatable bonds is 2. The van der Waals surface area contributed by atoms with Crippen molar-refractivity contribution in [1.29, 1.82) is 0 Å². The number of nitrogens with one attached hydrogen (secondary N) is 1. The standard InChI is InChI=1S/C17H19FN2O2/c18-15-4-6-22-16-8-12(1-2-14(15)16)17(21)19-13-7-11-3-5-20(9-11)10-13/h1-2,4,8,11,13H,3,5-7,9-10H2,(H,19,21)/t11-,13+/m0/s1. The molecular weight excluding hydrogens is 283 g/mol. The number of halogens is 1. The molecule has 2 fully saturated rings. The third kappa shape index (κ3) is 2.50. The molecule has 0 spiro atoms. The van der Waals surface area contributed by atoms with Gasteiger partial charge in [0.25, 0.3) is 5.91 Å². The maximum atomic E-state index is 13.6. The van der Waals surface area contributed by atoms with Crippen molar-refractivity contribution in [3.8, 4) is 5.75 Å². The Balaban J connectivity index is 1.48. The summed E-state index contributed by atoms with van der Waals surface area (Å²) >= 11 is 0. The zero-order valence-electron chi connectivity index (χ0n) is 12.3. The number of piperidine rings is 1. The maximum Gasteiger partial charge on any atom is 0.251 e. The van der Waals surface area contributed by atoms with Crippen molar-refractivity contribution in [2.75, 3.05) is 26.2 Å². The van der Waals surface area contributed by atoms with Crippen LogP contribution in [0.15, 0.2) is 24.3 Å². The van der Waals surface area contributed by atoms with Gasteiger partial charge in [-0.25, -0.2) is 4.39 Å². The lowest BCUT2D eigenvalue weighted by Crippen LogP contribution is -2.47. The molecule has 5 heteroatoms. The predicted octanol–water partition coefficient (Wildman–Crippen LogP) is 2.21. The molecule has 1 unspecified atom stereocenters. The van der Waals surface area contributed by atoms with Crippen LogP contribution in [0, 0.1) is 5.92 Å². The first-order valence-corrected chi connectivity index (χ1v) is 7.85. The van der Waals surface area contributed by atoms with E-state index in [9.17, 15) is 9.18 Å². The topological polar surface area (TPSA) is 41.6 Å². The highest BCUT2D eigenvalue weighted by atomic mass is 19.1. The average Bonchev–Trinajstić information content (AvgIpc) is 2.86. The molecule has 3 heterocycles. The van der Waals surface area contributed by atoms with Gasteiger partial charge in [-0.05, 0) is 49.6 Å². The molecule has 3 atom stereocenters. The number of hydrogen-bond acceptors (Lipinski definition) is 3. The van der Waals surface area contributed by atoms with Gasteiger partial charge in [-0.3, -0.25) is 4.79 Å². The second-order valence-corrected chi connectivity index (χ2v) is 6.39. The van der Waals surface area contributed by atoms with Crippen molar-refractivity contribution in [2.24, 2.45) is 5.92 Å². The van der Waals surface area contributed by atoms with Gasteiger partial charge in [0.2, 0.25) is 0 Å². The van der Waals surface area contributed by atoms with Gasteiger partial charge in [-0.1, -0.05) is 0 Å². The minimum atomic E-state index is -0.287. The first kappa shape index (κ1) is 13.8. The first-order valence-electron chi connectivity index (χ1n) is 7.85. The van der Waals surface area contributed by atoms with Gasteiger partial charge in [-0.15, -0.1) is 0 Å². The van der Waals surface area contributed by atoms with Crippen molar-refractivity contribution in [2.45, 2.75) is 18.9 Å². The summed E-state index contributed by atoms with van der Waals surface area (Å²) in [5, 5.41) is 3.11. The molecule has 1 amide bonds. The van der Waals surface area contributed by atoms with Crippen molar-refractivity contribution in [3.05, 3.63) is 35.4 Å². The Morgan fingerprint density at radius 1 is 1.36 bits per heavy atom. The summed E-state index contributed by atoms with van der Waals surface area (Å²) in [6.45, 7) is 3.46. The Morgan fingerprint density at radius 2 is 2.27 bits per heavy atom. The van der Waals surface area contributed by atoms with Gasteiger partial charge < -0.3 is 15.0 Å². The SMILES string of the molecule is O=C(N[C@@H]1C[C@@H]2CCN(C2)C1)c1ccc2c(c1)OCC=C2F. The lowest BCUT2D eigenvalue weighted by atomic mass is 9.96. The molecule has 116 valence electrons. The van der Waals surface area contributed by atoms with Crippen LogP contribution < -0.4 is 10.1 Å².